The van der Waals surface area contributed by atoms with Crippen molar-refractivity contribution < 1.29 is 23.5 Å². The predicted molar refractivity (Wildman–Crippen MR) is 136 cm³/mol. The molecular formula is C29H26F2N4O3. The van der Waals surface area contributed by atoms with E-state index in [9.17, 15) is 23.5 Å². The quantitative estimate of drug-likeness (QED) is 0.394. The van der Waals surface area contributed by atoms with E-state index >= 15 is 0 Å². The minimum Gasteiger partial charge on any atom is -0.480 e. The highest BCUT2D eigenvalue weighted by Gasteiger charge is 2.37. The van der Waals surface area contributed by atoms with E-state index in [1.54, 1.807) is 4.52 Å². The monoisotopic (exact) mass is 516 g/mol. The van der Waals surface area contributed by atoms with Gasteiger partial charge in [0.05, 0.1) is 11.9 Å². The second-order valence-electron chi connectivity index (χ2n) is 10.1. The first-order chi connectivity index (χ1) is 18.4. The molecule has 1 aliphatic heterocycles. The normalized spacial score (nSPS) is 17.9. The minimum absolute atomic E-state index is 0.0604. The highest BCUT2D eigenvalue weighted by Crippen LogP contribution is 2.39. The summed E-state index contributed by atoms with van der Waals surface area (Å²) in [6, 6.07) is 9.96. The number of aromatic nitrogens is 3. The standard InChI is InChI=1S/C29H26F2N4O3/c30-20-10-11-21(24(31)13-20)22-14-32-27-23(15-33-35(27)26(22)17-6-2-1-3-7-17)28(36)34-16-19-9-5-4-8-18(19)12-25(34)29(37)38/h4-5,8-11,13-15,17,25H,1-3,6-7,12,16H2,(H,37,38). The number of carboxylic acid groups (broad SMARTS) is 1. The van der Waals surface area contributed by atoms with E-state index < -0.39 is 29.6 Å². The molecule has 1 fully saturated rings. The molecule has 7 nitrogen and oxygen atoms in total. The Balaban J connectivity index is 1.47. The molecule has 1 unspecified atom stereocenters. The van der Waals surface area contributed by atoms with Gasteiger partial charge >= 0.3 is 5.97 Å². The zero-order valence-electron chi connectivity index (χ0n) is 20.6. The second kappa shape index (κ2) is 9.63. The highest BCUT2D eigenvalue weighted by molar-refractivity contribution is 6.01. The van der Waals surface area contributed by atoms with E-state index in [1.807, 2.05) is 24.3 Å². The zero-order valence-corrected chi connectivity index (χ0v) is 20.6. The highest BCUT2D eigenvalue weighted by atomic mass is 19.1. The molecule has 0 bridgehead atoms. The zero-order chi connectivity index (χ0) is 26.4. The second-order valence-corrected chi connectivity index (χ2v) is 10.1. The molecule has 2 aromatic heterocycles. The molecule has 3 heterocycles. The average Bonchev–Trinajstić information content (AvgIpc) is 3.36. The van der Waals surface area contributed by atoms with Crippen molar-refractivity contribution in [2.75, 3.05) is 0 Å². The van der Waals surface area contributed by atoms with Crippen LogP contribution in [-0.4, -0.2) is 42.5 Å². The fourth-order valence-corrected chi connectivity index (χ4v) is 5.90. The molecule has 6 rings (SSSR count). The minimum atomic E-state index is -1.07. The van der Waals surface area contributed by atoms with E-state index in [4.69, 9.17) is 0 Å². The van der Waals surface area contributed by atoms with Crippen LogP contribution in [0.1, 0.15) is 65.2 Å². The smallest absolute Gasteiger partial charge is 0.326 e. The number of aliphatic carboxylic acids is 1. The number of fused-ring (bicyclic) bond motifs is 2. The van der Waals surface area contributed by atoms with E-state index in [0.29, 0.717) is 11.2 Å². The Morgan fingerprint density at radius 3 is 2.45 bits per heavy atom. The Kier molecular flexibility index (Phi) is 6.13. The van der Waals surface area contributed by atoms with Crippen LogP contribution in [0.25, 0.3) is 16.8 Å². The molecule has 2 aliphatic rings. The third-order valence-electron chi connectivity index (χ3n) is 7.80. The Hall–Kier alpha value is -4.14. The van der Waals surface area contributed by atoms with Crippen molar-refractivity contribution in [3.63, 3.8) is 0 Å². The van der Waals surface area contributed by atoms with Crippen LogP contribution in [0.15, 0.2) is 54.9 Å². The van der Waals surface area contributed by atoms with E-state index in [-0.39, 0.29) is 30.0 Å². The lowest BCUT2D eigenvalue weighted by atomic mass is 9.84. The number of hydrogen-bond donors (Lipinski definition) is 1. The van der Waals surface area contributed by atoms with Crippen molar-refractivity contribution in [3.8, 4) is 11.1 Å². The predicted octanol–water partition coefficient (Wildman–Crippen LogP) is 5.37. The van der Waals surface area contributed by atoms with Crippen molar-refractivity contribution >= 4 is 17.5 Å². The van der Waals surface area contributed by atoms with Crippen LogP contribution in [0.4, 0.5) is 8.78 Å². The van der Waals surface area contributed by atoms with Gasteiger partial charge in [-0.25, -0.2) is 23.1 Å². The van der Waals surface area contributed by atoms with Crippen LogP contribution in [0, 0.1) is 11.6 Å². The maximum absolute atomic E-state index is 14.9. The number of carbonyl (C=O) groups is 2. The SMILES string of the molecule is O=C(O)C1Cc2ccccc2CN1C(=O)c1cnn2c(C3CCCCC3)c(-c3ccc(F)cc3F)cnc12. The van der Waals surface area contributed by atoms with Crippen LogP contribution in [-0.2, 0) is 17.8 Å². The van der Waals surface area contributed by atoms with Crippen LogP contribution < -0.4 is 0 Å². The summed E-state index contributed by atoms with van der Waals surface area (Å²) >= 11 is 0. The van der Waals surface area contributed by atoms with Crippen LogP contribution >= 0.6 is 0 Å². The van der Waals surface area contributed by atoms with Crippen molar-refractivity contribution in [2.24, 2.45) is 0 Å². The first kappa shape index (κ1) is 24.2. The van der Waals surface area contributed by atoms with Gasteiger partial charge in [-0.15, -0.1) is 0 Å². The number of rotatable bonds is 4. The fraction of sp³-hybridized carbons (Fsp3) is 0.310. The molecule has 1 saturated carbocycles. The van der Waals surface area contributed by atoms with Gasteiger partial charge in [0.15, 0.2) is 5.65 Å². The molecule has 1 amide bonds. The Morgan fingerprint density at radius 1 is 0.947 bits per heavy atom. The topological polar surface area (TPSA) is 87.8 Å². The van der Waals surface area contributed by atoms with Gasteiger partial charge in [0.2, 0.25) is 0 Å². The summed E-state index contributed by atoms with van der Waals surface area (Å²) in [5.74, 6) is -2.84. The molecule has 1 N–H and O–H groups in total. The summed E-state index contributed by atoms with van der Waals surface area (Å²) in [6.07, 6.45) is 8.05. The van der Waals surface area contributed by atoms with Crippen LogP contribution in [0.3, 0.4) is 0 Å². The van der Waals surface area contributed by atoms with Gasteiger partial charge in [0.25, 0.3) is 5.91 Å². The molecular weight excluding hydrogens is 490 g/mol. The molecule has 1 aliphatic carbocycles. The van der Waals surface area contributed by atoms with E-state index in [1.165, 1.54) is 29.4 Å². The van der Waals surface area contributed by atoms with Crippen molar-refractivity contribution in [3.05, 3.63) is 88.9 Å². The van der Waals surface area contributed by atoms with Gasteiger partial charge in [-0.2, -0.15) is 5.10 Å². The lowest BCUT2D eigenvalue weighted by molar-refractivity contribution is -0.142. The van der Waals surface area contributed by atoms with E-state index in [0.717, 1.165) is 55.0 Å². The number of carboxylic acids is 1. The number of benzene rings is 2. The first-order valence-electron chi connectivity index (χ1n) is 12.8. The number of nitrogens with zero attached hydrogens (tertiary/aromatic N) is 4. The summed E-state index contributed by atoms with van der Waals surface area (Å²) in [4.78, 5) is 31.8. The number of hydrogen-bond acceptors (Lipinski definition) is 4. The molecule has 0 saturated heterocycles. The van der Waals surface area contributed by atoms with Gasteiger partial charge in [-0.05, 0) is 36.1 Å². The lowest BCUT2D eigenvalue weighted by Crippen LogP contribution is -2.48. The summed E-state index contributed by atoms with van der Waals surface area (Å²) in [5, 5.41) is 14.4. The molecule has 9 heteroatoms. The number of halogens is 2. The summed E-state index contributed by atoms with van der Waals surface area (Å²) in [5.41, 5.74) is 3.77. The molecule has 0 radical (unpaired) electrons. The van der Waals surface area contributed by atoms with Crippen molar-refractivity contribution in [1.29, 1.82) is 0 Å². The van der Waals surface area contributed by atoms with Gasteiger partial charge in [0.1, 0.15) is 23.2 Å². The van der Waals surface area contributed by atoms with Crippen LogP contribution in [0.5, 0.6) is 0 Å². The summed E-state index contributed by atoms with van der Waals surface area (Å²) < 4.78 is 30.1. The molecule has 2 aromatic carbocycles. The van der Waals surface area contributed by atoms with Gasteiger partial charge in [-0.1, -0.05) is 43.5 Å². The molecule has 0 spiro atoms. The van der Waals surface area contributed by atoms with E-state index in [2.05, 4.69) is 10.1 Å². The Morgan fingerprint density at radius 2 is 1.71 bits per heavy atom. The number of carbonyl (C=O) groups excluding carboxylic acids is 1. The molecule has 1 atom stereocenters. The maximum atomic E-state index is 14.9. The molecule has 4 aromatic rings. The third-order valence-corrected chi connectivity index (χ3v) is 7.80. The van der Waals surface area contributed by atoms with Crippen molar-refractivity contribution in [1.82, 2.24) is 19.5 Å². The third kappa shape index (κ3) is 4.12. The fourth-order valence-electron chi connectivity index (χ4n) is 5.90. The van der Waals surface area contributed by atoms with Crippen LogP contribution in [0.2, 0.25) is 0 Å². The van der Waals surface area contributed by atoms with Crippen molar-refractivity contribution in [2.45, 2.75) is 57.0 Å². The largest absolute Gasteiger partial charge is 0.480 e. The van der Waals surface area contributed by atoms with Gasteiger partial charge in [-0.3, -0.25) is 4.79 Å². The molecule has 194 valence electrons. The average molecular weight is 517 g/mol. The molecule has 38 heavy (non-hydrogen) atoms. The lowest BCUT2D eigenvalue weighted by Gasteiger charge is -2.34. The summed E-state index contributed by atoms with van der Waals surface area (Å²) in [7, 11) is 0. The number of amides is 1. The van der Waals surface area contributed by atoms with Gasteiger partial charge < -0.3 is 10.0 Å². The Bertz CT molecular complexity index is 1560. The van der Waals surface area contributed by atoms with Gasteiger partial charge in [0, 0.05) is 42.3 Å². The first-order valence-corrected chi connectivity index (χ1v) is 12.8. The Labute approximate surface area is 217 Å². The maximum Gasteiger partial charge on any atom is 0.326 e. The summed E-state index contributed by atoms with van der Waals surface area (Å²) in [6.45, 7) is 0.164.